The van der Waals surface area contributed by atoms with E-state index in [9.17, 15) is 19.5 Å². The molecule has 2 saturated heterocycles. The Kier molecular flexibility index (Phi) is 14.0. The molecule has 0 spiro atoms. The zero-order valence-corrected chi connectivity index (χ0v) is 31.1. The fourth-order valence-electron chi connectivity index (χ4n) is 6.81. The monoisotopic (exact) mass is 713 g/mol. The van der Waals surface area contributed by atoms with Gasteiger partial charge < -0.3 is 30.0 Å². The molecule has 10 heteroatoms. The summed E-state index contributed by atoms with van der Waals surface area (Å²) < 4.78 is 19.0. The highest BCUT2D eigenvalue weighted by Gasteiger charge is 2.39. The lowest BCUT2D eigenvalue weighted by Crippen LogP contribution is -2.45. The van der Waals surface area contributed by atoms with Crippen molar-refractivity contribution in [1.29, 1.82) is 0 Å². The Labute approximate surface area is 308 Å². The number of hydrogen-bond donors (Lipinski definition) is 3. The van der Waals surface area contributed by atoms with E-state index in [4.69, 9.17) is 14.2 Å². The third-order valence-corrected chi connectivity index (χ3v) is 9.48. The second kappa shape index (κ2) is 18.6. The van der Waals surface area contributed by atoms with Gasteiger partial charge in [-0.05, 0) is 86.9 Å². The Morgan fingerprint density at radius 1 is 0.885 bits per heavy atom. The molecule has 3 aromatic carbocycles. The van der Waals surface area contributed by atoms with Gasteiger partial charge in [0.2, 0.25) is 11.8 Å². The number of likely N-dealkylation sites (tertiary alicyclic amines) is 1. The molecule has 2 heterocycles. The van der Waals surface area contributed by atoms with Crippen LogP contribution in [0.2, 0.25) is 0 Å². The average Bonchev–Trinajstić information content (AvgIpc) is 3.60. The van der Waals surface area contributed by atoms with Crippen LogP contribution >= 0.6 is 0 Å². The van der Waals surface area contributed by atoms with Crippen molar-refractivity contribution in [3.8, 4) is 11.1 Å². The van der Waals surface area contributed by atoms with Gasteiger partial charge in [-0.25, -0.2) is 0 Å². The van der Waals surface area contributed by atoms with E-state index in [-0.39, 0.29) is 42.6 Å². The summed E-state index contributed by atoms with van der Waals surface area (Å²) in [5.74, 6) is -0.191. The molecule has 3 aromatic rings. The summed E-state index contributed by atoms with van der Waals surface area (Å²) in [6.45, 7) is 9.68. The first kappa shape index (κ1) is 39.1. The van der Waals surface area contributed by atoms with Gasteiger partial charge in [0.1, 0.15) is 11.6 Å². The predicted octanol–water partition coefficient (Wildman–Crippen LogP) is 6.51. The Morgan fingerprint density at radius 3 is 2.35 bits per heavy atom. The van der Waals surface area contributed by atoms with Crippen LogP contribution in [0.15, 0.2) is 72.8 Å². The number of nitrogens with one attached hydrogen (secondary N) is 2. The first-order valence-corrected chi connectivity index (χ1v) is 18.7. The highest BCUT2D eigenvalue weighted by Crippen LogP contribution is 2.39. The van der Waals surface area contributed by atoms with Crippen LogP contribution in [0.4, 0.5) is 0 Å². The Bertz CT molecular complexity index is 1620. The lowest BCUT2D eigenvalue weighted by Gasteiger charge is -2.38. The molecule has 5 rings (SSSR count). The zero-order valence-electron chi connectivity index (χ0n) is 31.1. The zero-order chi connectivity index (χ0) is 37.1. The largest absolute Gasteiger partial charge is 0.459 e. The van der Waals surface area contributed by atoms with Crippen molar-refractivity contribution in [3.05, 3.63) is 95.1 Å². The van der Waals surface area contributed by atoms with E-state index in [0.717, 1.165) is 72.0 Å². The van der Waals surface area contributed by atoms with Crippen molar-refractivity contribution in [1.82, 2.24) is 15.5 Å². The van der Waals surface area contributed by atoms with Gasteiger partial charge in [0.25, 0.3) is 0 Å². The molecule has 10 nitrogen and oxygen atoms in total. The van der Waals surface area contributed by atoms with Crippen molar-refractivity contribution >= 4 is 17.8 Å². The van der Waals surface area contributed by atoms with Crippen molar-refractivity contribution < 1.29 is 33.7 Å². The average molecular weight is 714 g/mol. The predicted molar refractivity (Wildman–Crippen MR) is 200 cm³/mol. The summed E-state index contributed by atoms with van der Waals surface area (Å²) in [6, 6.07) is 23.9. The number of unbranched alkanes of at least 4 members (excludes halogenated alkanes) is 2. The van der Waals surface area contributed by atoms with Crippen LogP contribution < -0.4 is 10.6 Å². The summed E-state index contributed by atoms with van der Waals surface area (Å²) in [5, 5.41) is 15.4. The van der Waals surface area contributed by atoms with Gasteiger partial charge in [-0.1, -0.05) is 73.2 Å². The highest BCUT2D eigenvalue weighted by atomic mass is 16.7. The van der Waals surface area contributed by atoms with Gasteiger partial charge in [-0.15, -0.1) is 0 Å². The van der Waals surface area contributed by atoms with E-state index in [1.54, 1.807) is 0 Å². The summed E-state index contributed by atoms with van der Waals surface area (Å²) in [5.41, 5.74) is 5.32. The highest BCUT2D eigenvalue weighted by molar-refractivity contribution is 5.77. The van der Waals surface area contributed by atoms with Crippen LogP contribution in [0.5, 0.6) is 0 Å². The molecule has 52 heavy (non-hydrogen) atoms. The summed E-state index contributed by atoms with van der Waals surface area (Å²) in [4.78, 5) is 38.7. The molecule has 2 aliphatic rings. The van der Waals surface area contributed by atoms with Crippen molar-refractivity contribution in [3.63, 3.8) is 0 Å². The van der Waals surface area contributed by atoms with Crippen LogP contribution in [-0.4, -0.2) is 65.2 Å². The molecule has 2 aliphatic heterocycles. The minimum atomic E-state index is -0.607. The molecule has 2 fully saturated rings. The molecule has 0 bridgehead atoms. The van der Waals surface area contributed by atoms with Crippen LogP contribution in [0.25, 0.3) is 11.1 Å². The lowest BCUT2D eigenvalue weighted by molar-refractivity contribution is -0.253. The summed E-state index contributed by atoms with van der Waals surface area (Å²) in [7, 11) is 0. The third-order valence-electron chi connectivity index (χ3n) is 9.48. The minimum absolute atomic E-state index is 0.0197. The molecule has 0 unspecified atom stereocenters. The van der Waals surface area contributed by atoms with Gasteiger partial charge in [0.15, 0.2) is 6.29 Å². The maximum atomic E-state index is 13.1. The number of esters is 1. The van der Waals surface area contributed by atoms with Crippen LogP contribution in [0, 0.1) is 0 Å². The summed E-state index contributed by atoms with van der Waals surface area (Å²) >= 11 is 0. The third kappa shape index (κ3) is 11.7. The first-order chi connectivity index (χ1) is 25.0. The second-order valence-corrected chi connectivity index (χ2v) is 14.9. The van der Waals surface area contributed by atoms with E-state index in [0.29, 0.717) is 32.5 Å². The lowest BCUT2D eigenvalue weighted by atomic mass is 9.98. The molecule has 4 atom stereocenters. The number of carbonyl (C=O) groups excluding carboxylic acids is 3. The topological polar surface area (TPSA) is 126 Å². The van der Waals surface area contributed by atoms with E-state index in [1.165, 1.54) is 6.92 Å². The Hall–Kier alpha value is -4.09. The Morgan fingerprint density at radius 2 is 1.63 bits per heavy atom. The molecular weight excluding hydrogens is 658 g/mol. The standard InChI is InChI=1S/C42H55N3O7/c1-29(47)43-22-7-5-6-13-39(48)44-26-31-10-8-11-35(24-31)32-18-20-34(21-19-32)41-50-36(25-38(51-41)33-16-14-30(28-46)15-17-33)27-45-23-9-12-37(45)40(49)52-42(2,3)4/h8,10-11,14-21,24,36-38,41,46H,5-7,9,12-13,22-23,25-28H2,1-4H3,(H,43,47)(H,44,48)/t36-,37-,38+,41+/m0/s1. The van der Waals surface area contributed by atoms with Gasteiger partial charge in [0, 0.05) is 45.0 Å². The summed E-state index contributed by atoms with van der Waals surface area (Å²) in [6.07, 6.45) is 4.32. The Balaban J connectivity index is 1.23. The number of amides is 2. The second-order valence-electron chi connectivity index (χ2n) is 14.9. The van der Waals surface area contributed by atoms with Gasteiger partial charge in [-0.3, -0.25) is 19.3 Å². The van der Waals surface area contributed by atoms with Crippen molar-refractivity contribution in [2.75, 3.05) is 19.6 Å². The SMILES string of the molecule is CC(=O)NCCCCCC(=O)NCc1cccc(-c2ccc([C@@H]3O[C@H](CN4CCC[C@H]4C(=O)OC(C)(C)C)C[C@H](c4ccc(CO)cc4)O3)cc2)c1. The molecule has 280 valence electrons. The fourth-order valence-corrected chi connectivity index (χ4v) is 6.81. The molecular formula is C42H55N3O7. The van der Waals surface area contributed by atoms with Crippen LogP contribution in [0.1, 0.15) is 107 Å². The van der Waals surface area contributed by atoms with Gasteiger partial charge in [-0.2, -0.15) is 0 Å². The van der Waals surface area contributed by atoms with Crippen molar-refractivity contribution in [2.45, 2.75) is 116 Å². The number of nitrogens with zero attached hydrogens (tertiary/aromatic N) is 1. The number of aliphatic hydroxyl groups is 1. The van der Waals surface area contributed by atoms with Gasteiger partial charge in [0.05, 0.1) is 18.8 Å². The molecule has 0 aromatic heterocycles. The van der Waals surface area contributed by atoms with Gasteiger partial charge >= 0.3 is 5.97 Å². The molecule has 0 aliphatic carbocycles. The van der Waals surface area contributed by atoms with E-state index >= 15 is 0 Å². The molecule has 3 N–H and O–H groups in total. The number of rotatable bonds is 15. The number of benzene rings is 3. The number of ether oxygens (including phenoxy) is 3. The number of aliphatic hydroxyl groups excluding tert-OH is 1. The smallest absolute Gasteiger partial charge is 0.323 e. The van der Waals surface area contributed by atoms with Crippen LogP contribution in [-0.2, 0) is 41.7 Å². The minimum Gasteiger partial charge on any atom is -0.459 e. The van der Waals surface area contributed by atoms with Crippen LogP contribution in [0.3, 0.4) is 0 Å². The van der Waals surface area contributed by atoms with E-state index < -0.39 is 11.9 Å². The normalized spacial score (nSPS) is 20.7. The fraction of sp³-hybridized carbons (Fsp3) is 0.500. The van der Waals surface area contributed by atoms with E-state index in [1.807, 2.05) is 69.3 Å². The maximum absolute atomic E-state index is 13.1. The number of carbonyl (C=O) groups is 3. The molecule has 2 amide bonds. The molecule has 0 saturated carbocycles. The quantitative estimate of drug-likeness (QED) is 0.120. The number of hydrogen-bond acceptors (Lipinski definition) is 8. The molecule has 0 radical (unpaired) electrons. The van der Waals surface area contributed by atoms with Crippen molar-refractivity contribution in [2.24, 2.45) is 0 Å². The maximum Gasteiger partial charge on any atom is 0.323 e. The first-order valence-electron chi connectivity index (χ1n) is 18.7. The van der Waals surface area contributed by atoms with E-state index in [2.05, 4.69) is 39.8 Å².